The molecule has 0 aliphatic heterocycles. The normalized spacial score (nSPS) is 17.9. The van der Waals surface area contributed by atoms with Crippen LogP contribution in [-0.2, 0) is 4.79 Å². The summed E-state index contributed by atoms with van der Waals surface area (Å²) >= 11 is 0. The van der Waals surface area contributed by atoms with E-state index in [0.717, 1.165) is 13.0 Å². The van der Waals surface area contributed by atoms with Gasteiger partial charge in [-0.2, -0.15) is 0 Å². The SMILES string of the molecule is CC(C)C(=O)N(CC1CC1)[C@H](CO)CC(C)(C)C. The first-order valence-electron chi connectivity index (χ1n) is 7.16. The van der Waals surface area contributed by atoms with Crippen molar-refractivity contribution in [2.45, 2.75) is 59.9 Å². The molecule has 3 nitrogen and oxygen atoms in total. The topological polar surface area (TPSA) is 40.5 Å². The van der Waals surface area contributed by atoms with Crippen LogP contribution in [0.5, 0.6) is 0 Å². The highest BCUT2D eigenvalue weighted by Gasteiger charge is 2.33. The van der Waals surface area contributed by atoms with Gasteiger partial charge in [0, 0.05) is 12.5 Å². The zero-order chi connectivity index (χ0) is 13.9. The van der Waals surface area contributed by atoms with Gasteiger partial charge in [-0.15, -0.1) is 0 Å². The quantitative estimate of drug-likeness (QED) is 0.792. The number of hydrogen-bond acceptors (Lipinski definition) is 2. The van der Waals surface area contributed by atoms with E-state index >= 15 is 0 Å². The van der Waals surface area contributed by atoms with E-state index in [-0.39, 0.29) is 29.9 Å². The van der Waals surface area contributed by atoms with Gasteiger partial charge in [-0.1, -0.05) is 34.6 Å². The molecular formula is C15H29NO2. The molecule has 0 saturated heterocycles. The number of aliphatic hydroxyl groups excluding tert-OH is 1. The molecule has 0 unspecified atom stereocenters. The second kappa shape index (κ2) is 6.05. The molecule has 0 aromatic carbocycles. The number of aliphatic hydroxyl groups is 1. The van der Waals surface area contributed by atoms with Crippen LogP contribution in [0.3, 0.4) is 0 Å². The first kappa shape index (κ1) is 15.5. The van der Waals surface area contributed by atoms with Gasteiger partial charge in [-0.25, -0.2) is 0 Å². The minimum Gasteiger partial charge on any atom is -0.394 e. The van der Waals surface area contributed by atoms with Gasteiger partial charge < -0.3 is 10.0 Å². The lowest BCUT2D eigenvalue weighted by Crippen LogP contribution is -2.47. The molecule has 0 aromatic heterocycles. The van der Waals surface area contributed by atoms with Crippen LogP contribution in [-0.4, -0.2) is 35.1 Å². The van der Waals surface area contributed by atoms with Gasteiger partial charge in [0.25, 0.3) is 0 Å². The fourth-order valence-corrected chi connectivity index (χ4v) is 2.31. The lowest BCUT2D eigenvalue weighted by molar-refractivity contribution is -0.138. The lowest BCUT2D eigenvalue weighted by atomic mass is 9.87. The number of carbonyl (C=O) groups is 1. The summed E-state index contributed by atoms with van der Waals surface area (Å²) < 4.78 is 0. The smallest absolute Gasteiger partial charge is 0.225 e. The molecule has 1 amide bonds. The highest BCUT2D eigenvalue weighted by molar-refractivity contribution is 5.78. The Labute approximate surface area is 112 Å². The van der Waals surface area contributed by atoms with Gasteiger partial charge >= 0.3 is 0 Å². The standard InChI is InChI=1S/C15H29NO2/c1-11(2)14(18)16(9-12-6-7-12)13(10-17)8-15(3,4)5/h11-13,17H,6-10H2,1-5H3/t13-/m0/s1. The molecule has 1 aliphatic carbocycles. The zero-order valence-corrected chi connectivity index (χ0v) is 12.6. The predicted molar refractivity (Wildman–Crippen MR) is 74.2 cm³/mol. The van der Waals surface area contributed by atoms with Crippen molar-refractivity contribution in [3.63, 3.8) is 0 Å². The van der Waals surface area contributed by atoms with Gasteiger partial charge in [0.1, 0.15) is 0 Å². The molecule has 1 fully saturated rings. The average molecular weight is 255 g/mol. The summed E-state index contributed by atoms with van der Waals surface area (Å²) in [5, 5.41) is 9.63. The van der Waals surface area contributed by atoms with E-state index in [1.165, 1.54) is 12.8 Å². The van der Waals surface area contributed by atoms with Gasteiger partial charge in [0.15, 0.2) is 0 Å². The second-order valence-corrected chi connectivity index (χ2v) is 7.19. The number of carbonyl (C=O) groups excluding carboxylic acids is 1. The van der Waals surface area contributed by atoms with Crippen molar-refractivity contribution in [3.05, 3.63) is 0 Å². The molecule has 0 spiro atoms. The van der Waals surface area contributed by atoms with Gasteiger partial charge in [0.05, 0.1) is 12.6 Å². The first-order chi connectivity index (χ1) is 8.24. The molecule has 1 N–H and O–H groups in total. The molecule has 1 saturated carbocycles. The van der Waals surface area contributed by atoms with E-state index in [1.54, 1.807) is 0 Å². The molecule has 0 bridgehead atoms. The van der Waals surface area contributed by atoms with Crippen molar-refractivity contribution >= 4 is 5.91 Å². The third-order valence-electron chi connectivity index (χ3n) is 3.43. The van der Waals surface area contributed by atoms with Crippen LogP contribution in [0.15, 0.2) is 0 Å². The maximum absolute atomic E-state index is 12.3. The Morgan fingerprint density at radius 3 is 2.22 bits per heavy atom. The summed E-state index contributed by atoms with van der Waals surface area (Å²) in [5.74, 6) is 0.865. The minimum absolute atomic E-state index is 0.0118. The third kappa shape index (κ3) is 4.97. The summed E-state index contributed by atoms with van der Waals surface area (Å²) in [4.78, 5) is 14.2. The lowest BCUT2D eigenvalue weighted by Gasteiger charge is -2.36. The van der Waals surface area contributed by atoms with Crippen molar-refractivity contribution < 1.29 is 9.90 Å². The highest BCUT2D eigenvalue weighted by atomic mass is 16.3. The van der Waals surface area contributed by atoms with Crippen LogP contribution in [0.25, 0.3) is 0 Å². The number of rotatable bonds is 6. The van der Waals surface area contributed by atoms with Crippen molar-refractivity contribution in [3.8, 4) is 0 Å². The molecule has 106 valence electrons. The number of hydrogen-bond donors (Lipinski definition) is 1. The predicted octanol–water partition coefficient (Wildman–Crippen LogP) is 2.68. The summed E-state index contributed by atoms with van der Waals surface area (Å²) in [6, 6.07) is -0.0273. The van der Waals surface area contributed by atoms with Crippen LogP contribution in [0.4, 0.5) is 0 Å². The Morgan fingerprint density at radius 1 is 1.33 bits per heavy atom. The Kier molecular flexibility index (Phi) is 5.20. The van der Waals surface area contributed by atoms with Crippen LogP contribution >= 0.6 is 0 Å². The zero-order valence-electron chi connectivity index (χ0n) is 12.6. The van der Waals surface area contributed by atoms with Crippen LogP contribution < -0.4 is 0 Å². The monoisotopic (exact) mass is 255 g/mol. The Morgan fingerprint density at radius 2 is 1.89 bits per heavy atom. The van der Waals surface area contributed by atoms with E-state index in [0.29, 0.717) is 5.92 Å². The second-order valence-electron chi connectivity index (χ2n) is 7.19. The Hall–Kier alpha value is -0.570. The van der Waals surface area contributed by atoms with Gasteiger partial charge in [-0.05, 0) is 30.6 Å². The average Bonchev–Trinajstić information content (AvgIpc) is 3.04. The van der Waals surface area contributed by atoms with E-state index in [1.807, 2.05) is 18.7 Å². The number of amides is 1. The fourth-order valence-electron chi connectivity index (χ4n) is 2.31. The van der Waals surface area contributed by atoms with Gasteiger partial charge in [0.2, 0.25) is 5.91 Å². The molecule has 0 heterocycles. The van der Waals surface area contributed by atoms with Gasteiger partial charge in [-0.3, -0.25) is 4.79 Å². The molecule has 18 heavy (non-hydrogen) atoms. The fraction of sp³-hybridized carbons (Fsp3) is 0.933. The highest BCUT2D eigenvalue weighted by Crippen LogP contribution is 2.32. The maximum atomic E-state index is 12.3. The molecule has 0 aromatic rings. The van der Waals surface area contributed by atoms with E-state index < -0.39 is 0 Å². The summed E-state index contributed by atoms with van der Waals surface area (Å²) in [6.45, 7) is 11.3. The van der Waals surface area contributed by atoms with Crippen LogP contribution in [0, 0.1) is 17.3 Å². The summed E-state index contributed by atoms with van der Waals surface area (Å²) in [6.07, 6.45) is 3.32. The van der Waals surface area contributed by atoms with Crippen LogP contribution in [0.2, 0.25) is 0 Å². The molecular weight excluding hydrogens is 226 g/mol. The van der Waals surface area contributed by atoms with Crippen molar-refractivity contribution in [2.75, 3.05) is 13.2 Å². The molecule has 1 rings (SSSR count). The minimum atomic E-state index is -0.0273. The summed E-state index contributed by atoms with van der Waals surface area (Å²) in [5.41, 5.74) is 0.131. The first-order valence-corrected chi connectivity index (χ1v) is 7.16. The molecule has 0 radical (unpaired) electrons. The molecule has 1 atom stereocenters. The van der Waals surface area contributed by atoms with E-state index in [9.17, 15) is 9.90 Å². The van der Waals surface area contributed by atoms with Crippen molar-refractivity contribution in [1.29, 1.82) is 0 Å². The van der Waals surface area contributed by atoms with Crippen LogP contribution in [0.1, 0.15) is 53.9 Å². The summed E-state index contributed by atoms with van der Waals surface area (Å²) in [7, 11) is 0. The van der Waals surface area contributed by atoms with Crippen molar-refractivity contribution in [1.82, 2.24) is 4.90 Å². The van der Waals surface area contributed by atoms with Crippen molar-refractivity contribution in [2.24, 2.45) is 17.3 Å². The largest absolute Gasteiger partial charge is 0.394 e. The maximum Gasteiger partial charge on any atom is 0.225 e. The number of nitrogens with zero attached hydrogens (tertiary/aromatic N) is 1. The Balaban J connectivity index is 2.74. The third-order valence-corrected chi connectivity index (χ3v) is 3.43. The Bertz CT molecular complexity index is 277. The van der Waals surface area contributed by atoms with E-state index in [2.05, 4.69) is 20.8 Å². The molecule has 1 aliphatic rings. The molecule has 3 heteroatoms. The van der Waals surface area contributed by atoms with E-state index in [4.69, 9.17) is 0 Å².